The summed E-state index contributed by atoms with van der Waals surface area (Å²) < 4.78 is 10.8. The first kappa shape index (κ1) is 17.8. The van der Waals surface area contributed by atoms with Crippen LogP contribution in [0.15, 0.2) is 24.4 Å². The maximum atomic E-state index is 12.7. The lowest BCUT2D eigenvalue weighted by Gasteiger charge is -2.21. The van der Waals surface area contributed by atoms with Crippen LogP contribution in [-0.4, -0.2) is 35.5 Å². The van der Waals surface area contributed by atoms with Crippen molar-refractivity contribution in [3.8, 4) is 11.5 Å². The normalized spacial score (nSPS) is 16.3. The maximum absolute atomic E-state index is 12.7. The Morgan fingerprint density at radius 2 is 2.17 bits per heavy atom. The van der Waals surface area contributed by atoms with Gasteiger partial charge in [0.15, 0.2) is 11.5 Å². The summed E-state index contributed by atoms with van der Waals surface area (Å²) in [5.41, 5.74) is -0.280. The van der Waals surface area contributed by atoms with Crippen LogP contribution in [0.4, 0.5) is 5.69 Å². The lowest BCUT2D eigenvalue weighted by atomic mass is 10.1. The van der Waals surface area contributed by atoms with E-state index in [-0.39, 0.29) is 23.0 Å². The molecule has 0 aromatic heterocycles. The van der Waals surface area contributed by atoms with Gasteiger partial charge in [0.25, 0.3) is 11.6 Å². The minimum atomic E-state index is -0.566. The van der Waals surface area contributed by atoms with Crippen molar-refractivity contribution in [1.29, 1.82) is 0 Å². The molecule has 7 heteroatoms. The van der Waals surface area contributed by atoms with Gasteiger partial charge in [-0.15, -0.1) is 0 Å². The molecule has 1 heterocycles. The molecule has 0 fully saturated rings. The van der Waals surface area contributed by atoms with Gasteiger partial charge in [-0.05, 0) is 19.8 Å². The zero-order chi connectivity index (χ0) is 17.7. The molecule has 0 radical (unpaired) electrons. The van der Waals surface area contributed by atoms with Crippen molar-refractivity contribution >= 4 is 11.6 Å². The predicted octanol–water partition coefficient (Wildman–Crippen LogP) is 3.53. The van der Waals surface area contributed by atoms with E-state index < -0.39 is 10.8 Å². The van der Waals surface area contributed by atoms with Crippen LogP contribution in [0, 0.1) is 10.1 Å². The molecule has 1 atom stereocenters. The van der Waals surface area contributed by atoms with Crippen LogP contribution in [0.2, 0.25) is 0 Å². The summed E-state index contributed by atoms with van der Waals surface area (Å²) in [6.45, 7) is 4.35. The highest BCUT2D eigenvalue weighted by molar-refractivity contribution is 6.00. The molecule has 1 aliphatic rings. The first-order valence-corrected chi connectivity index (χ1v) is 7.98. The SMILES string of the molecule is CCCCOc1cc([N+](=O)[O-])c(C(=O)N2C=CCC2C)cc1OC. The van der Waals surface area contributed by atoms with Gasteiger partial charge in [0.1, 0.15) is 5.56 Å². The van der Waals surface area contributed by atoms with Gasteiger partial charge in [-0.2, -0.15) is 0 Å². The molecule has 130 valence electrons. The zero-order valence-electron chi connectivity index (χ0n) is 14.2. The summed E-state index contributed by atoms with van der Waals surface area (Å²) in [5, 5.41) is 11.4. The highest BCUT2D eigenvalue weighted by Crippen LogP contribution is 2.36. The second kappa shape index (κ2) is 7.81. The number of nitro groups is 1. The lowest BCUT2D eigenvalue weighted by molar-refractivity contribution is -0.385. The van der Waals surface area contributed by atoms with Crippen molar-refractivity contribution < 1.29 is 19.2 Å². The predicted molar refractivity (Wildman–Crippen MR) is 89.4 cm³/mol. The van der Waals surface area contributed by atoms with Crippen LogP contribution in [0.1, 0.15) is 43.5 Å². The third-order valence-corrected chi connectivity index (χ3v) is 3.92. The van der Waals surface area contributed by atoms with Crippen LogP contribution in [-0.2, 0) is 0 Å². The number of unbranched alkanes of at least 4 members (excludes halogenated alkanes) is 1. The van der Waals surface area contributed by atoms with Gasteiger partial charge >= 0.3 is 0 Å². The van der Waals surface area contributed by atoms with Gasteiger partial charge in [0, 0.05) is 18.3 Å². The van der Waals surface area contributed by atoms with Gasteiger partial charge in [-0.3, -0.25) is 14.9 Å². The number of nitro benzene ring substituents is 1. The first-order chi connectivity index (χ1) is 11.5. The van der Waals surface area contributed by atoms with E-state index >= 15 is 0 Å². The molecule has 0 aliphatic carbocycles. The number of ether oxygens (including phenoxy) is 2. The fourth-order valence-electron chi connectivity index (χ4n) is 2.51. The topological polar surface area (TPSA) is 81.9 Å². The molecule has 1 aromatic carbocycles. The number of carbonyl (C=O) groups excluding carboxylic acids is 1. The summed E-state index contributed by atoms with van der Waals surface area (Å²) in [4.78, 5) is 25.1. The van der Waals surface area contributed by atoms with E-state index in [0.29, 0.717) is 12.4 Å². The van der Waals surface area contributed by atoms with E-state index in [0.717, 1.165) is 19.3 Å². The Kier molecular flexibility index (Phi) is 5.78. The average molecular weight is 334 g/mol. The molecule has 0 N–H and O–H groups in total. The van der Waals surface area contributed by atoms with E-state index in [1.807, 2.05) is 19.9 Å². The minimum absolute atomic E-state index is 0.00177. The summed E-state index contributed by atoms with van der Waals surface area (Å²) in [5.74, 6) is 0.177. The molecule has 0 saturated heterocycles. The van der Waals surface area contributed by atoms with Gasteiger partial charge in [0.05, 0.1) is 24.7 Å². The van der Waals surface area contributed by atoms with Gasteiger partial charge < -0.3 is 14.4 Å². The average Bonchev–Trinajstić information content (AvgIpc) is 2.99. The Labute approximate surface area is 141 Å². The number of nitrogens with zero attached hydrogens (tertiary/aromatic N) is 2. The molecular weight excluding hydrogens is 312 g/mol. The van der Waals surface area contributed by atoms with Crippen molar-refractivity contribution in [3.05, 3.63) is 40.1 Å². The Bertz CT molecular complexity index is 657. The highest BCUT2D eigenvalue weighted by Gasteiger charge is 2.30. The molecule has 1 amide bonds. The molecule has 1 aliphatic heterocycles. The summed E-state index contributed by atoms with van der Waals surface area (Å²) in [6, 6.07) is 2.64. The fraction of sp³-hybridized carbons (Fsp3) is 0.471. The standard InChI is InChI=1S/C17H22N2O5/c1-4-5-9-24-16-11-14(19(21)22)13(10-15(16)23-3)17(20)18-8-6-7-12(18)2/h6,8,10-12H,4-5,7,9H2,1-3H3. The van der Waals surface area contributed by atoms with E-state index in [1.54, 1.807) is 6.20 Å². The Balaban J connectivity index is 2.41. The third kappa shape index (κ3) is 3.67. The van der Waals surface area contributed by atoms with Crippen LogP contribution in [0.5, 0.6) is 11.5 Å². The summed E-state index contributed by atoms with van der Waals surface area (Å²) in [6.07, 6.45) is 6.03. The van der Waals surface area contributed by atoms with Crippen LogP contribution in [0.25, 0.3) is 0 Å². The smallest absolute Gasteiger partial charge is 0.286 e. The maximum Gasteiger partial charge on any atom is 0.286 e. The molecule has 2 rings (SSSR count). The van der Waals surface area contributed by atoms with E-state index in [1.165, 1.54) is 24.1 Å². The minimum Gasteiger partial charge on any atom is -0.493 e. The van der Waals surface area contributed by atoms with E-state index in [2.05, 4.69) is 0 Å². The Morgan fingerprint density at radius 1 is 1.42 bits per heavy atom. The quantitative estimate of drug-likeness (QED) is 0.433. The first-order valence-electron chi connectivity index (χ1n) is 7.98. The number of amides is 1. The molecule has 7 nitrogen and oxygen atoms in total. The van der Waals surface area contributed by atoms with Crippen LogP contribution >= 0.6 is 0 Å². The van der Waals surface area contributed by atoms with Crippen molar-refractivity contribution in [1.82, 2.24) is 4.90 Å². The summed E-state index contributed by atoms with van der Waals surface area (Å²) in [7, 11) is 1.44. The van der Waals surface area contributed by atoms with Crippen LogP contribution < -0.4 is 9.47 Å². The fourth-order valence-corrected chi connectivity index (χ4v) is 2.51. The molecule has 0 bridgehead atoms. The van der Waals surface area contributed by atoms with Crippen molar-refractivity contribution in [2.45, 2.75) is 39.2 Å². The highest BCUT2D eigenvalue weighted by atomic mass is 16.6. The van der Waals surface area contributed by atoms with Crippen molar-refractivity contribution in [2.24, 2.45) is 0 Å². The largest absolute Gasteiger partial charge is 0.493 e. The van der Waals surface area contributed by atoms with Crippen LogP contribution in [0.3, 0.4) is 0 Å². The molecule has 0 saturated carbocycles. The number of hydrogen-bond donors (Lipinski definition) is 0. The zero-order valence-corrected chi connectivity index (χ0v) is 14.2. The van der Waals surface area contributed by atoms with Gasteiger partial charge in [-0.1, -0.05) is 19.4 Å². The van der Waals surface area contributed by atoms with E-state index in [4.69, 9.17) is 9.47 Å². The monoisotopic (exact) mass is 334 g/mol. The Morgan fingerprint density at radius 3 is 2.71 bits per heavy atom. The van der Waals surface area contributed by atoms with E-state index in [9.17, 15) is 14.9 Å². The Hall–Kier alpha value is -2.57. The lowest BCUT2D eigenvalue weighted by Crippen LogP contribution is -2.31. The van der Waals surface area contributed by atoms with Gasteiger partial charge in [-0.25, -0.2) is 0 Å². The third-order valence-electron chi connectivity index (χ3n) is 3.92. The van der Waals surface area contributed by atoms with Gasteiger partial charge in [0.2, 0.25) is 0 Å². The molecule has 0 spiro atoms. The molecule has 24 heavy (non-hydrogen) atoms. The van der Waals surface area contributed by atoms with Crippen molar-refractivity contribution in [2.75, 3.05) is 13.7 Å². The molecule has 1 aromatic rings. The molecule has 1 unspecified atom stereocenters. The second-order valence-corrected chi connectivity index (χ2v) is 5.66. The molecular formula is C17H22N2O5. The number of benzene rings is 1. The number of methoxy groups -OCH3 is 1. The van der Waals surface area contributed by atoms with Crippen molar-refractivity contribution in [3.63, 3.8) is 0 Å². The number of carbonyl (C=O) groups is 1. The number of rotatable bonds is 7. The number of hydrogen-bond acceptors (Lipinski definition) is 5. The summed E-state index contributed by atoms with van der Waals surface area (Å²) >= 11 is 0. The second-order valence-electron chi connectivity index (χ2n) is 5.66.